The third kappa shape index (κ3) is 4.59. The molecular weight excluding hydrogens is 284 g/mol. The van der Waals surface area contributed by atoms with Crippen LogP contribution in [0.3, 0.4) is 0 Å². The summed E-state index contributed by atoms with van der Waals surface area (Å²) in [5.41, 5.74) is 0. The minimum Gasteiger partial charge on any atom is -0.353 e. The fourth-order valence-electron chi connectivity index (χ4n) is 4.55. The van der Waals surface area contributed by atoms with Gasteiger partial charge >= 0.3 is 0 Å². The molecule has 0 spiro atoms. The molecule has 2 saturated heterocycles. The van der Waals surface area contributed by atoms with Crippen molar-refractivity contribution >= 4 is 18.3 Å². The molecule has 2 N–H and O–H groups in total. The lowest BCUT2D eigenvalue weighted by molar-refractivity contribution is -0.126. The molecule has 3 rings (SSSR count). The van der Waals surface area contributed by atoms with Crippen LogP contribution in [0.2, 0.25) is 0 Å². The van der Waals surface area contributed by atoms with Crippen molar-refractivity contribution in [2.45, 2.75) is 89.3 Å². The van der Waals surface area contributed by atoms with Crippen molar-refractivity contribution in [2.24, 2.45) is 11.8 Å². The zero-order valence-electron chi connectivity index (χ0n) is 13.3. The fourth-order valence-corrected chi connectivity index (χ4v) is 4.55. The molecule has 2 aliphatic heterocycles. The van der Waals surface area contributed by atoms with Crippen LogP contribution in [-0.4, -0.2) is 24.0 Å². The smallest absolute Gasteiger partial charge is 0.223 e. The molecule has 2 bridgehead atoms. The third-order valence-corrected chi connectivity index (χ3v) is 5.68. The van der Waals surface area contributed by atoms with Crippen LogP contribution in [0.15, 0.2) is 0 Å². The van der Waals surface area contributed by atoms with E-state index in [-0.39, 0.29) is 18.3 Å². The third-order valence-electron chi connectivity index (χ3n) is 5.68. The zero-order chi connectivity index (χ0) is 13.9. The Morgan fingerprint density at radius 2 is 1.71 bits per heavy atom. The van der Waals surface area contributed by atoms with Crippen molar-refractivity contribution in [1.29, 1.82) is 0 Å². The molecule has 3 aliphatic rings. The van der Waals surface area contributed by atoms with Gasteiger partial charge in [0.05, 0.1) is 0 Å². The summed E-state index contributed by atoms with van der Waals surface area (Å²) in [7, 11) is 0. The van der Waals surface area contributed by atoms with E-state index in [1.165, 1.54) is 44.9 Å². The number of amides is 1. The number of hydrogen-bond acceptors (Lipinski definition) is 2. The van der Waals surface area contributed by atoms with Gasteiger partial charge in [-0.3, -0.25) is 4.79 Å². The van der Waals surface area contributed by atoms with E-state index in [1.54, 1.807) is 0 Å². The first-order valence-electron chi connectivity index (χ1n) is 8.77. The lowest BCUT2D eigenvalue weighted by Crippen LogP contribution is -2.49. The van der Waals surface area contributed by atoms with Crippen LogP contribution in [0, 0.1) is 11.8 Å². The molecular formula is C17H31ClN2O. The number of hydrogen-bond donors (Lipinski definition) is 2. The number of fused-ring (bicyclic) bond motifs is 2. The van der Waals surface area contributed by atoms with E-state index in [2.05, 4.69) is 17.6 Å². The number of carbonyl (C=O) groups excluding carboxylic acids is 1. The summed E-state index contributed by atoms with van der Waals surface area (Å²) in [6.07, 6.45) is 12.8. The maximum Gasteiger partial charge on any atom is 0.223 e. The van der Waals surface area contributed by atoms with E-state index in [0.717, 1.165) is 25.2 Å². The van der Waals surface area contributed by atoms with E-state index in [9.17, 15) is 4.79 Å². The highest BCUT2D eigenvalue weighted by molar-refractivity contribution is 5.85. The molecule has 3 atom stereocenters. The predicted molar refractivity (Wildman–Crippen MR) is 88.7 cm³/mol. The predicted octanol–water partition coefficient (Wildman–Crippen LogP) is 3.41. The first-order valence-corrected chi connectivity index (χ1v) is 8.77. The standard InChI is InChI=1S/C17H30N2O.ClH/c1-12(9-13-5-3-2-4-6-13)17(20)19-16-10-14-7-8-15(11-16)18-14;/h12-16,18H,2-11H2,1H3,(H,19,20);1H. The Morgan fingerprint density at radius 3 is 2.33 bits per heavy atom. The molecule has 1 amide bonds. The molecule has 3 fully saturated rings. The highest BCUT2D eigenvalue weighted by atomic mass is 35.5. The Morgan fingerprint density at radius 1 is 1.10 bits per heavy atom. The summed E-state index contributed by atoms with van der Waals surface area (Å²) >= 11 is 0. The molecule has 1 aliphatic carbocycles. The summed E-state index contributed by atoms with van der Waals surface area (Å²) in [5.74, 6) is 1.31. The molecule has 3 unspecified atom stereocenters. The van der Waals surface area contributed by atoms with Crippen LogP contribution >= 0.6 is 12.4 Å². The number of halogens is 1. The summed E-state index contributed by atoms with van der Waals surface area (Å²) < 4.78 is 0. The molecule has 0 aromatic carbocycles. The summed E-state index contributed by atoms with van der Waals surface area (Å²) in [5, 5.41) is 6.97. The van der Waals surface area contributed by atoms with Crippen molar-refractivity contribution in [1.82, 2.24) is 10.6 Å². The molecule has 0 aromatic heterocycles. The molecule has 0 aromatic rings. The van der Waals surface area contributed by atoms with Crippen LogP contribution in [0.4, 0.5) is 0 Å². The van der Waals surface area contributed by atoms with Gasteiger partial charge in [0, 0.05) is 24.0 Å². The second kappa shape index (κ2) is 7.82. The Balaban J connectivity index is 0.00000161. The van der Waals surface area contributed by atoms with Gasteiger partial charge in [-0.15, -0.1) is 12.4 Å². The number of rotatable bonds is 4. The van der Waals surface area contributed by atoms with Crippen LogP contribution in [0.5, 0.6) is 0 Å². The van der Waals surface area contributed by atoms with E-state index in [1.807, 2.05) is 0 Å². The van der Waals surface area contributed by atoms with Crippen molar-refractivity contribution in [3.63, 3.8) is 0 Å². The van der Waals surface area contributed by atoms with Gasteiger partial charge in [0.15, 0.2) is 0 Å². The van der Waals surface area contributed by atoms with E-state index < -0.39 is 0 Å². The second-order valence-electron chi connectivity index (χ2n) is 7.46. The quantitative estimate of drug-likeness (QED) is 0.835. The minimum atomic E-state index is 0. The number of carbonyl (C=O) groups is 1. The lowest BCUT2D eigenvalue weighted by atomic mass is 9.83. The van der Waals surface area contributed by atoms with E-state index >= 15 is 0 Å². The molecule has 0 radical (unpaired) electrons. The van der Waals surface area contributed by atoms with Crippen LogP contribution < -0.4 is 10.6 Å². The second-order valence-corrected chi connectivity index (χ2v) is 7.46. The van der Waals surface area contributed by atoms with Crippen LogP contribution in [0.25, 0.3) is 0 Å². The van der Waals surface area contributed by atoms with Crippen molar-refractivity contribution in [2.75, 3.05) is 0 Å². The molecule has 4 heteroatoms. The highest BCUT2D eigenvalue weighted by Crippen LogP contribution is 2.30. The molecule has 3 nitrogen and oxygen atoms in total. The average molecular weight is 315 g/mol. The summed E-state index contributed by atoms with van der Waals surface area (Å²) in [4.78, 5) is 12.4. The fraction of sp³-hybridized carbons (Fsp3) is 0.941. The van der Waals surface area contributed by atoms with Gasteiger partial charge in [0.25, 0.3) is 0 Å². The maximum atomic E-state index is 12.4. The van der Waals surface area contributed by atoms with Crippen molar-refractivity contribution in [3.05, 3.63) is 0 Å². The number of nitrogens with one attached hydrogen (secondary N) is 2. The average Bonchev–Trinajstić information content (AvgIpc) is 2.79. The molecule has 1 saturated carbocycles. The van der Waals surface area contributed by atoms with Gasteiger partial charge in [-0.2, -0.15) is 0 Å². The molecule has 21 heavy (non-hydrogen) atoms. The Hall–Kier alpha value is -0.280. The molecule has 2 heterocycles. The Bertz CT molecular complexity index is 332. The van der Waals surface area contributed by atoms with Gasteiger partial charge in [0.1, 0.15) is 0 Å². The van der Waals surface area contributed by atoms with Gasteiger partial charge in [0.2, 0.25) is 5.91 Å². The Kier molecular flexibility index (Phi) is 6.36. The van der Waals surface area contributed by atoms with Gasteiger partial charge < -0.3 is 10.6 Å². The van der Waals surface area contributed by atoms with E-state index in [0.29, 0.717) is 24.0 Å². The number of piperidine rings is 1. The normalized spacial score (nSPS) is 34.0. The Labute approximate surface area is 135 Å². The van der Waals surface area contributed by atoms with Crippen LogP contribution in [0.1, 0.15) is 71.1 Å². The minimum absolute atomic E-state index is 0. The van der Waals surface area contributed by atoms with Gasteiger partial charge in [-0.25, -0.2) is 0 Å². The van der Waals surface area contributed by atoms with E-state index in [4.69, 9.17) is 0 Å². The van der Waals surface area contributed by atoms with Crippen molar-refractivity contribution in [3.8, 4) is 0 Å². The topological polar surface area (TPSA) is 41.1 Å². The first kappa shape index (κ1) is 17.1. The maximum absolute atomic E-state index is 12.4. The largest absolute Gasteiger partial charge is 0.353 e. The van der Waals surface area contributed by atoms with Gasteiger partial charge in [-0.05, 0) is 38.0 Å². The lowest BCUT2D eigenvalue weighted by Gasteiger charge is -2.31. The highest BCUT2D eigenvalue weighted by Gasteiger charge is 2.34. The summed E-state index contributed by atoms with van der Waals surface area (Å²) in [6, 6.07) is 1.75. The monoisotopic (exact) mass is 314 g/mol. The summed E-state index contributed by atoms with van der Waals surface area (Å²) in [6.45, 7) is 2.12. The SMILES string of the molecule is CC(CC1CCCCC1)C(=O)NC1CC2CCC(C1)N2.Cl. The zero-order valence-corrected chi connectivity index (χ0v) is 14.1. The van der Waals surface area contributed by atoms with Gasteiger partial charge in [-0.1, -0.05) is 39.0 Å². The first-order chi connectivity index (χ1) is 9.70. The molecule has 122 valence electrons. The van der Waals surface area contributed by atoms with Crippen molar-refractivity contribution < 1.29 is 4.79 Å². The van der Waals surface area contributed by atoms with Crippen LogP contribution in [-0.2, 0) is 4.79 Å².